The standard InChI is InChI=1S/C30H31ClN2O5/c31-23-11-15-25(16-12-23)37-26-17-13-24(14-18-26)33-28(22-9-5-2-6-10-22)27(38-30(33)36)20-32(29(34)35)19-21-7-3-1-4-8-21/h2,5-6,9-18,21,27-28H,1,3-4,7-8,19-20H2,(H,34,35)/t27-,28+/m1/s1. The second kappa shape index (κ2) is 11.8. The van der Waals surface area contributed by atoms with Crippen molar-refractivity contribution in [3.63, 3.8) is 0 Å². The van der Waals surface area contributed by atoms with Crippen molar-refractivity contribution in [2.24, 2.45) is 5.92 Å². The van der Waals surface area contributed by atoms with Gasteiger partial charge in [0.25, 0.3) is 0 Å². The zero-order valence-electron chi connectivity index (χ0n) is 21.0. The molecule has 2 atom stereocenters. The molecule has 198 valence electrons. The smallest absolute Gasteiger partial charge is 0.415 e. The highest BCUT2D eigenvalue weighted by molar-refractivity contribution is 6.30. The maximum atomic E-state index is 13.2. The van der Waals surface area contributed by atoms with Crippen molar-refractivity contribution in [3.8, 4) is 11.5 Å². The highest BCUT2D eigenvalue weighted by atomic mass is 35.5. The number of ether oxygens (including phenoxy) is 2. The number of amides is 2. The van der Waals surface area contributed by atoms with Crippen LogP contribution in [0.15, 0.2) is 78.9 Å². The Labute approximate surface area is 227 Å². The minimum atomic E-state index is -0.986. The van der Waals surface area contributed by atoms with E-state index < -0.39 is 24.3 Å². The molecule has 5 rings (SSSR count). The number of benzene rings is 3. The molecule has 7 nitrogen and oxygen atoms in total. The molecule has 3 aromatic rings. The molecule has 1 N–H and O–H groups in total. The number of nitrogens with zero attached hydrogens (tertiary/aromatic N) is 2. The van der Waals surface area contributed by atoms with Crippen molar-refractivity contribution < 1.29 is 24.2 Å². The number of anilines is 1. The Kier molecular flexibility index (Phi) is 8.03. The minimum absolute atomic E-state index is 0.116. The highest BCUT2D eigenvalue weighted by Crippen LogP contribution is 2.39. The van der Waals surface area contributed by atoms with E-state index >= 15 is 0 Å². The van der Waals surface area contributed by atoms with Gasteiger partial charge < -0.3 is 19.5 Å². The number of carbonyl (C=O) groups is 2. The van der Waals surface area contributed by atoms with E-state index in [1.54, 1.807) is 41.3 Å². The van der Waals surface area contributed by atoms with Crippen molar-refractivity contribution in [1.29, 1.82) is 0 Å². The quantitative estimate of drug-likeness (QED) is 0.319. The van der Waals surface area contributed by atoms with E-state index in [1.807, 2.05) is 42.5 Å². The molecule has 0 spiro atoms. The second-order valence-corrected chi connectivity index (χ2v) is 10.3. The lowest BCUT2D eigenvalue weighted by molar-refractivity contribution is 0.0785. The Hall–Kier alpha value is -3.71. The lowest BCUT2D eigenvalue weighted by Gasteiger charge is -2.31. The number of hydrogen-bond acceptors (Lipinski definition) is 4. The third kappa shape index (κ3) is 6.05. The largest absolute Gasteiger partial charge is 0.465 e. The summed E-state index contributed by atoms with van der Waals surface area (Å²) in [5, 5.41) is 10.6. The zero-order valence-corrected chi connectivity index (χ0v) is 21.8. The molecular formula is C30H31ClN2O5. The van der Waals surface area contributed by atoms with Gasteiger partial charge in [0, 0.05) is 17.3 Å². The Morgan fingerprint density at radius 1 is 0.921 bits per heavy atom. The fourth-order valence-electron chi connectivity index (χ4n) is 5.39. The predicted octanol–water partition coefficient (Wildman–Crippen LogP) is 7.76. The first-order valence-corrected chi connectivity index (χ1v) is 13.4. The molecule has 1 aliphatic heterocycles. The highest BCUT2D eigenvalue weighted by Gasteiger charge is 2.45. The average Bonchev–Trinajstić information content (AvgIpc) is 3.26. The summed E-state index contributed by atoms with van der Waals surface area (Å²) in [6.45, 7) is 0.576. The molecule has 2 aliphatic rings. The number of carboxylic acid groups (broad SMARTS) is 1. The lowest BCUT2D eigenvalue weighted by Crippen LogP contribution is -2.42. The third-order valence-electron chi connectivity index (χ3n) is 7.26. The summed E-state index contributed by atoms with van der Waals surface area (Å²) < 4.78 is 11.7. The van der Waals surface area contributed by atoms with E-state index in [9.17, 15) is 14.7 Å². The van der Waals surface area contributed by atoms with E-state index in [4.69, 9.17) is 21.1 Å². The van der Waals surface area contributed by atoms with Crippen LogP contribution >= 0.6 is 11.6 Å². The molecule has 1 aliphatic carbocycles. The molecule has 2 fully saturated rings. The number of carbonyl (C=O) groups excluding carboxylic acids is 1. The van der Waals surface area contributed by atoms with Crippen molar-refractivity contribution in [2.75, 3.05) is 18.0 Å². The van der Waals surface area contributed by atoms with Gasteiger partial charge >= 0.3 is 12.2 Å². The number of rotatable bonds is 8. The minimum Gasteiger partial charge on any atom is -0.465 e. The third-order valence-corrected chi connectivity index (χ3v) is 7.51. The SMILES string of the molecule is O=C(O)N(CC1CCCCC1)C[C@H]1OC(=O)N(c2ccc(Oc3ccc(Cl)cc3)cc2)[C@H]1c1ccccc1. The van der Waals surface area contributed by atoms with E-state index in [0.29, 0.717) is 34.7 Å². The maximum absolute atomic E-state index is 13.2. The summed E-state index contributed by atoms with van der Waals surface area (Å²) in [4.78, 5) is 28.4. The van der Waals surface area contributed by atoms with Gasteiger partial charge in [0.1, 0.15) is 23.6 Å². The van der Waals surface area contributed by atoms with Gasteiger partial charge in [-0.1, -0.05) is 61.2 Å². The van der Waals surface area contributed by atoms with E-state index in [-0.39, 0.29) is 6.54 Å². The summed E-state index contributed by atoms with van der Waals surface area (Å²) in [5.41, 5.74) is 1.52. The number of hydrogen-bond donors (Lipinski definition) is 1. The van der Waals surface area contributed by atoms with E-state index in [2.05, 4.69) is 0 Å². The van der Waals surface area contributed by atoms with Gasteiger partial charge in [-0.25, -0.2) is 9.59 Å². The molecule has 0 radical (unpaired) electrons. The molecule has 0 aromatic heterocycles. The van der Waals surface area contributed by atoms with Crippen LogP contribution in [0.3, 0.4) is 0 Å². The fourth-order valence-corrected chi connectivity index (χ4v) is 5.52. The molecule has 2 amide bonds. The van der Waals surface area contributed by atoms with Gasteiger partial charge in [0.05, 0.1) is 6.54 Å². The molecule has 8 heteroatoms. The first-order valence-electron chi connectivity index (χ1n) is 13.0. The summed E-state index contributed by atoms with van der Waals surface area (Å²) in [6, 6.07) is 23.4. The van der Waals surface area contributed by atoms with Crippen LogP contribution in [-0.4, -0.2) is 41.4 Å². The summed E-state index contributed by atoms with van der Waals surface area (Å²) >= 11 is 5.95. The number of cyclic esters (lactones) is 1. The fraction of sp³-hybridized carbons (Fsp3) is 0.333. The molecule has 3 aromatic carbocycles. The molecule has 1 saturated carbocycles. The van der Waals surface area contributed by atoms with Gasteiger partial charge in [-0.3, -0.25) is 4.90 Å². The Bertz CT molecular complexity index is 1230. The van der Waals surface area contributed by atoms with Gasteiger partial charge in [0.15, 0.2) is 0 Å². The topological polar surface area (TPSA) is 79.3 Å². The van der Waals surface area contributed by atoms with Crippen LogP contribution < -0.4 is 9.64 Å². The van der Waals surface area contributed by atoms with Gasteiger partial charge in [-0.15, -0.1) is 0 Å². The molecule has 1 saturated heterocycles. The van der Waals surface area contributed by atoms with Crippen LogP contribution in [0.2, 0.25) is 5.02 Å². The van der Waals surface area contributed by atoms with Crippen LogP contribution in [0.1, 0.15) is 43.7 Å². The summed E-state index contributed by atoms with van der Waals surface area (Å²) in [5.74, 6) is 1.61. The lowest BCUT2D eigenvalue weighted by atomic mass is 9.89. The summed E-state index contributed by atoms with van der Waals surface area (Å²) in [7, 11) is 0. The van der Waals surface area contributed by atoms with Crippen molar-refractivity contribution >= 4 is 29.5 Å². The Balaban J connectivity index is 1.37. The van der Waals surface area contributed by atoms with Gasteiger partial charge in [-0.2, -0.15) is 0 Å². The molecular weight excluding hydrogens is 504 g/mol. The van der Waals surface area contributed by atoms with Crippen LogP contribution in [-0.2, 0) is 4.74 Å². The van der Waals surface area contributed by atoms with Crippen LogP contribution in [0, 0.1) is 5.92 Å². The Morgan fingerprint density at radius 3 is 2.18 bits per heavy atom. The maximum Gasteiger partial charge on any atom is 0.415 e. The predicted molar refractivity (Wildman–Crippen MR) is 146 cm³/mol. The van der Waals surface area contributed by atoms with Gasteiger partial charge in [0.2, 0.25) is 0 Å². The first-order chi connectivity index (χ1) is 18.5. The van der Waals surface area contributed by atoms with E-state index in [1.165, 1.54) is 11.3 Å². The van der Waals surface area contributed by atoms with Crippen LogP contribution in [0.4, 0.5) is 15.3 Å². The second-order valence-electron chi connectivity index (χ2n) is 9.89. The molecule has 1 heterocycles. The molecule has 0 unspecified atom stereocenters. The van der Waals surface area contributed by atoms with Gasteiger partial charge in [-0.05, 0) is 72.9 Å². The van der Waals surface area contributed by atoms with E-state index in [0.717, 1.165) is 31.2 Å². The first kappa shape index (κ1) is 25.9. The zero-order chi connectivity index (χ0) is 26.5. The van der Waals surface area contributed by atoms with Crippen molar-refractivity contribution in [2.45, 2.75) is 44.2 Å². The molecule has 38 heavy (non-hydrogen) atoms. The van der Waals surface area contributed by atoms with Crippen molar-refractivity contribution in [1.82, 2.24) is 4.90 Å². The average molecular weight is 535 g/mol. The number of halogens is 1. The van der Waals surface area contributed by atoms with Crippen molar-refractivity contribution in [3.05, 3.63) is 89.4 Å². The monoisotopic (exact) mass is 534 g/mol. The van der Waals surface area contributed by atoms with Crippen LogP contribution in [0.25, 0.3) is 0 Å². The van der Waals surface area contributed by atoms with Crippen LogP contribution in [0.5, 0.6) is 11.5 Å². The Morgan fingerprint density at radius 2 is 1.55 bits per heavy atom. The molecule has 0 bridgehead atoms. The summed E-state index contributed by atoms with van der Waals surface area (Å²) in [6.07, 6.45) is 3.41. The normalized spacial score (nSPS) is 19.7.